The highest BCUT2D eigenvalue weighted by Gasteiger charge is 2.10. The number of hydrogen-bond acceptors (Lipinski definition) is 8. The Morgan fingerprint density at radius 3 is 2.34 bits per heavy atom. The molecule has 0 aliphatic carbocycles. The van der Waals surface area contributed by atoms with Crippen LogP contribution in [0.15, 0.2) is 64.4 Å². The first-order valence-corrected chi connectivity index (χ1v) is 9.41. The van der Waals surface area contributed by atoms with E-state index in [-0.39, 0.29) is 23.5 Å². The van der Waals surface area contributed by atoms with Crippen molar-refractivity contribution in [1.82, 2.24) is 19.9 Å². The second-order valence-electron chi connectivity index (χ2n) is 5.85. The third-order valence-corrected chi connectivity index (χ3v) is 4.58. The molecule has 2 aromatic carbocycles. The molecular formula is C19H14F2N6OS. The molecule has 0 atom stereocenters. The van der Waals surface area contributed by atoms with E-state index in [2.05, 4.69) is 25.3 Å². The summed E-state index contributed by atoms with van der Waals surface area (Å²) in [7, 11) is 0. The van der Waals surface area contributed by atoms with Gasteiger partial charge in [0.25, 0.3) is 5.22 Å². The van der Waals surface area contributed by atoms with Crippen LogP contribution in [0.2, 0.25) is 0 Å². The Morgan fingerprint density at radius 2 is 1.62 bits per heavy atom. The maximum Gasteiger partial charge on any atom is 0.256 e. The predicted octanol–water partition coefficient (Wildman–Crippen LogP) is 4.42. The number of anilines is 3. The zero-order chi connectivity index (χ0) is 20.2. The van der Waals surface area contributed by atoms with Crippen LogP contribution in [0.3, 0.4) is 0 Å². The summed E-state index contributed by atoms with van der Waals surface area (Å²) in [6, 6.07) is 11.7. The van der Waals surface area contributed by atoms with Gasteiger partial charge in [0, 0.05) is 11.3 Å². The fraction of sp³-hybridized carbons (Fsp3) is 0.0526. The fourth-order valence-electron chi connectivity index (χ4n) is 2.42. The molecule has 4 aromatic rings. The van der Waals surface area contributed by atoms with Crippen LogP contribution >= 0.6 is 11.8 Å². The van der Waals surface area contributed by atoms with E-state index in [1.807, 2.05) is 0 Å². The van der Waals surface area contributed by atoms with Gasteiger partial charge in [-0.3, -0.25) is 0 Å². The summed E-state index contributed by atoms with van der Waals surface area (Å²) in [6.45, 7) is 0. The van der Waals surface area contributed by atoms with Gasteiger partial charge in [-0.15, -0.1) is 0 Å². The first-order chi connectivity index (χ1) is 14.0. The van der Waals surface area contributed by atoms with Gasteiger partial charge in [0.05, 0.1) is 11.9 Å². The molecular weight excluding hydrogens is 398 g/mol. The van der Waals surface area contributed by atoms with Gasteiger partial charge in [-0.25, -0.2) is 13.8 Å². The average Bonchev–Trinajstić information content (AvgIpc) is 3.17. The highest BCUT2D eigenvalue weighted by Crippen LogP contribution is 2.27. The molecule has 2 aromatic heterocycles. The van der Waals surface area contributed by atoms with Crippen molar-refractivity contribution in [1.29, 1.82) is 0 Å². The van der Waals surface area contributed by atoms with E-state index >= 15 is 0 Å². The molecule has 0 radical (unpaired) electrons. The standard InChI is InChI=1S/C19H14F2N6OS/c20-12-3-1-11(2-4-12)15-9-23-19(28-15)29-10-16-25-17(22)27-18(26-16)24-14-7-5-13(21)6-8-14/h1-9H,10H2,(H3,22,24,25,26,27). The third kappa shape index (κ3) is 4.85. The summed E-state index contributed by atoms with van der Waals surface area (Å²) in [5.41, 5.74) is 7.10. The van der Waals surface area contributed by atoms with Crippen LogP contribution in [0.1, 0.15) is 5.82 Å². The van der Waals surface area contributed by atoms with Gasteiger partial charge < -0.3 is 15.5 Å². The number of nitrogens with zero attached hydrogens (tertiary/aromatic N) is 4. The molecule has 7 nitrogen and oxygen atoms in total. The molecule has 2 heterocycles. The minimum absolute atomic E-state index is 0.0552. The molecule has 0 bridgehead atoms. The molecule has 146 valence electrons. The Kier molecular flexibility index (Phi) is 5.34. The number of benzene rings is 2. The van der Waals surface area contributed by atoms with Crippen LogP contribution in [-0.2, 0) is 5.75 Å². The normalized spacial score (nSPS) is 10.8. The Balaban J connectivity index is 1.44. The van der Waals surface area contributed by atoms with Crippen molar-refractivity contribution < 1.29 is 13.2 Å². The maximum atomic E-state index is 13.0. The number of nitrogens with one attached hydrogen (secondary N) is 1. The molecule has 10 heteroatoms. The van der Waals surface area contributed by atoms with Gasteiger partial charge in [-0.05, 0) is 48.5 Å². The zero-order valence-corrected chi connectivity index (χ0v) is 15.7. The summed E-state index contributed by atoms with van der Waals surface area (Å²) in [6.07, 6.45) is 1.57. The number of oxazole rings is 1. The highest BCUT2D eigenvalue weighted by atomic mass is 32.2. The van der Waals surface area contributed by atoms with E-state index in [4.69, 9.17) is 10.2 Å². The minimum Gasteiger partial charge on any atom is -0.431 e. The van der Waals surface area contributed by atoms with E-state index in [1.54, 1.807) is 30.5 Å². The Bertz CT molecular complexity index is 1120. The topological polar surface area (TPSA) is 103 Å². The van der Waals surface area contributed by atoms with Gasteiger partial charge in [0.1, 0.15) is 17.5 Å². The summed E-state index contributed by atoms with van der Waals surface area (Å²) in [4.78, 5) is 16.6. The lowest BCUT2D eigenvalue weighted by atomic mass is 10.2. The average molecular weight is 412 g/mol. The van der Waals surface area contributed by atoms with E-state index < -0.39 is 0 Å². The molecule has 3 N–H and O–H groups in total. The summed E-state index contributed by atoms with van der Waals surface area (Å²) in [5, 5.41) is 3.37. The first kappa shape index (κ1) is 18.8. The molecule has 29 heavy (non-hydrogen) atoms. The maximum absolute atomic E-state index is 13.0. The van der Waals surface area contributed by atoms with Gasteiger partial charge in [-0.2, -0.15) is 15.0 Å². The third-order valence-electron chi connectivity index (χ3n) is 3.74. The summed E-state index contributed by atoms with van der Waals surface area (Å²) in [5.74, 6) is 0.941. The molecule has 0 fully saturated rings. The molecule has 0 saturated heterocycles. The van der Waals surface area contributed by atoms with Crippen LogP contribution in [0, 0.1) is 11.6 Å². The van der Waals surface area contributed by atoms with Crippen molar-refractivity contribution in [2.45, 2.75) is 11.0 Å². The highest BCUT2D eigenvalue weighted by molar-refractivity contribution is 7.98. The predicted molar refractivity (Wildman–Crippen MR) is 105 cm³/mol. The van der Waals surface area contributed by atoms with Crippen molar-refractivity contribution >= 4 is 29.3 Å². The van der Waals surface area contributed by atoms with E-state index in [0.717, 1.165) is 5.56 Å². The van der Waals surface area contributed by atoms with Gasteiger partial charge in [0.15, 0.2) is 5.76 Å². The zero-order valence-electron chi connectivity index (χ0n) is 14.8. The second kappa shape index (κ2) is 8.23. The van der Waals surface area contributed by atoms with Crippen LogP contribution < -0.4 is 11.1 Å². The lowest BCUT2D eigenvalue weighted by molar-refractivity contribution is 0.466. The second-order valence-corrected chi connectivity index (χ2v) is 6.78. The number of hydrogen-bond donors (Lipinski definition) is 2. The van der Waals surface area contributed by atoms with Gasteiger partial charge in [-0.1, -0.05) is 11.8 Å². The smallest absolute Gasteiger partial charge is 0.256 e. The number of thioether (sulfide) groups is 1. The van der Waals surface area contributed by atoms with E-state index in [9.17, 15) is 8.78 Å². The Morgan fingerprint density at radius 1 is 0.931 bits per heavy atom. The van der Waals surface area contributed by atoms with Crippen molar-refractivity contribution in [2.24, 2.45) is 0 Å². The first-order valence-electron chi connectivity index (χ1n) is 8.43. The molecule has 4 rings (SSSR count). The monoisotopic (exact) mass is 412 g/mol. The van der Waals surface area contributed by atoms with E-state index in [0.29, 0.717) is 28.2 Å². The fourth-order valence-corrected chi connectivity index (χ4v) is 3.08. The van der Waals surface area contributed by atoms with Crippen LogP contribution in [-0.4, -0.2) is 19.9 Å². The summed E-state index contributed by atoms with van der Waals surface area (Å²) >= 11 is 1.28. The van der Waals surface area contributed by atoms with Gasteiger partial charge in [0.2, 0.25) is 11.9 Å². The Labute approximate surface area is 168 Å². The molecule has 0 aliphatic rings. The molecule has 0 spiro atoms. The largest absolute Gasteiger partial charge is 0.431 e. The number of rotatable bonds is 6. The molecule has 0 unspecified atom stereocenters. The SMILES string of the molecule is Nc1nc(CSc2ncc(-c3ccc(F)cc3)o2)nc(Nc2ccc(F)cc2)n1. The number of nitrogens with two attached hydrogens (primary N) is 1. The Hall–Kier alpha value is -3.53. The number of aromatic nitrogens is 4. The summed E-state index contributed by atoms with van der Waals surface area (Å²) < 4.78 is 31.7. The number of nitrogen functional groups attached to an aromatic ring is 1. The molecule has 0 aliphatic heterocycles. The lowest BCUT2D eigenvalue weighted by Crippen LogP contribution is -2.06. The van der Waals surface area contributed by atoms with E-state index in [1.165, 1.54) is 36.0 Å². The van der Waals surface area contributed by atoms with Crippen LogP contribution in [0.4, 0.5) is 26.4 Å². The number of halogens is 2. The van der Waals surface area contributed by atoms with Crippen LogP contribution in [0.5, 0.6) is 0 Å². The quantitative estimate of drug-likeness (QED) is 0.449. The molecule has 0 amide bonds. The minimum atomic E-state index is -0.339. The van der Waals surface area contributed by atoms with Crippen molar-refractivity contribution in [2.75, 3.05) is 11.1 Å². The van der Waals surface area contributed by atoms with Crippen molar-refractivity contribution in [3.8, 4) is 11.3 Å². The van der Waals surface area contributed by atoms with Crippen molar-refractivity contribution in [3.05, 3.63) is 72.2 Å². The van der Waals surface area contributed by atoms with Gasteiger partial charge >= 0.3 is 0 Å². The van der Waals surface area contributed by atoms with Crippen LogP contribution in [0.25, 0.3) is 11.3 Å². The van der Waals surface area contributed by atoms with Crippen molar-refractivity contribution in [3.63, 3.8) is 0 Å². The molecule has 0 saturated carbocycles. The lowest BCUT2D eigenvalue weighted by Gasteiger charge is -2.06.